The molecule has 36 heavy (non-hydrogen) atoms. The number of ether oxygens (including phenoxy) is 1. The molecule has 5 rings (SSSR count). The van der Waals surface area contributed by atoms with Gasteiger partial charge in [0.15, 0.2) is 5.11 Å². The first-order valence-electron chi connectivity index (χ1n) is 10.8. The van der Waals surface area contributed by atoms with Gasteiger partial charge in [-0.3, -0.25) is 24.6 Å². The third-order valence-corrected chi connectivity index (χ3v) is 7.33. The van der Waals surface area contributed by atoms with E-state index in [0.29, 0.717) is 22.1 Å². The number of amides is 2. The third kappa shape index (κ3) is 4.70. The zero-order valence-electron chi connectivity index (χ0n) is 18.5. The van der Waals surface area contributed by atoms with Crippen LogP contribution >= 0.6 is 35.6 Å². The molecule has 0 radical (unpaired) electrons. The van der Waals surface area contributed by atoms with E-state index in [1.54, 1.807) is 24.3 Å². The standard InChI is InChI=1S/C27H17ClN2O4S2/c28-23-21(36-26(33)22(23)16-7-3-1-4-8-16)15-20-24(31)29-27(35)30(25(20)32)17-11-13-19(14-12-17)34-18-9-5-2-6-10-18/h1-15,22H,(H,29,31,35)/b20-15+. The molecule has 3 aromatic carbocycles. The van der Waals surface area contributed by atoms with E-state index < -0.39 is 17.7 Å². The highest BCUT2D eigenvalue weighted by Crippen LogP contribution is 2.46. The number of allylic oxidation sites excluding steroid dienone is 2. The van der Waals surface area contributed by atoms with E-state index in [1.165, 1.54) is 11.0 Å². The fourth-order valence-electron chi connectivity index (χ4n) is 3.80. The number of halogens is 1. The van der Waals surface area contributed by atoms with Crippen molar-refractivity contribution >= 4 is 63.3 Å². The Morgan fingerprint density at radius 3 is 2.17 bits per heavy atom. The van der Waals surface area contributed by atoms with Crippen LogP contribution in [-0.2, 0) is 14.4 Å². The van der Waals surface area contributed by atoms with Gasteiger partial charge < -0.3 is 4.74 Å². The zero-order chi connectivity index (χ0) is 25.2. The van der Waals surface area contributed by atoms with Gasteiger partial charge in [-0.15, -0.1) is 0 Å². The quantitative estimate of drug-likeness (QED) is 0.259. The van der Waals surface area contributed by atoms with E-state index in [9.17, 15) is 14.4 Å². The second-order valence-corrected chi connectivity index (χ2v) is 9.68. The highest BCUT2D eigenvalue weighted by Gasteiger charge is 2.38. The number of thiocarbonyl (C=S) groups is 1. The molecule has 2 aliphatic rings. The minimum absolute atomic E-state index is 0.0451. The summed E-state index contributed by atoms with van der Waals surface area (Å²) in [5, 5.41) is 2.59. The SMILES string of the molecule is O=C1NC(=S)N(c2ccc(Oc3ccccc3)cc2)C(=O)/C1=C/C1=C(Cl)C(c2ccccc2)C(=O)S1. The van der Waals surface area contributed by atoms with Crippen LogP contribution in [0, 0.1) is 0 Å². The second kappa shape index (κ2) is 10.1. The van der Waals surface area contributed by atoms with E-state index in [1.807, 2.05) is 60.7 Å². The molecule has 9 heteroatoms. The van der Waals surface area contributed by atoms with Crippen LogP contribution in [-0.4, -0.2) is 22.0 Å². The van der Waals surface area contributed by atoms with Gasteiger partial charge >= 0.3 is 0 Å². The third-order valence-electron chi connectivity index (χ3n) is 5.52. The molecule has 6 nitrogen and oxygen atoms in total. The van der Waals surface area contributed by atoms with Crippen LogP contribution in [0.4, 0.5) is 5.69 Å². The Labute approximate surface area is 221 Å². The Morgan fingerprint density at radius 2 is 1.50 bits per heavy atom. The number of benzene rings is 3. The Morgan fingerprint density at radius 1 is 0.889 bits per heavy atom. The molecular weight excluding hydrogens is 516 g/mol. The van der Waals surface area contributed by atoms with E-state index in [4.69, 9.17) is 28.6 Å². The molecule has 2 amide bonds. The molecule has 1 fully saturated rings. The van der Waals surface area contributed by atoms with Crippen LogP contribution in [0.15, 0.2) is 107 Å². The monoisotopic (exact) mass is 532 g/mol. The zero-order valence-corrected chi connectivity index (χ0v) is 20.9. The van der Waals surface area contributed by atoms with Gasteiger partial charge in [-0.05, 0) is 72.0 Å². The van der Waals surface area contributed by atoms with Crippen molar-refractivity contribution < 1.29 is 19.1 Å². The summed E-state index contributed by atoms with van der Waals surface area (Å²) in [4.78, 5) is 40.3. The van der Waals surface area contributed by atoms with Crippen molar-refractivity contribution in [1.29, 1.82) is 0 Å². The van der Waals surface area contributed by atoms with Crippen LogP contribution in [0.1, 0.15) is 11.5 Å². The lowest BCUT2D eigenvalue weighted by Crippen LogP contribution is -2.54. The average Bonchev–Trinajstić information content (AvgIpc) is 3.16. The number of hydrogen-bond donors (Lipinski definition) is 1. The van der Waals surface area contributed by atoms with Crippen molar-refractivity contribution in [3.05, 3.63) is 112 Å². The van der Waals surface area contributed by atoms with Crippen LogP contribution < -0.4 is 15.0 Å². The van der Waals surface area contributed by atoms with Gasteiger partial charge in [0.2, 0.25) is 5.12 Å². The Hall–Kier alpha value is -3.72. The first-order valence-corrected chi connectivity index (χ1v) is 12.4. The van der Waals surface area contributed by atoms with Gasteiger partial charge in [-0.25, -0.2) is 0 Å². The van der Waals surface area contributed by atoms with E-state index in [-0.39, 0.29) is 20.8 Å². The molecule has 2 heterocycles. The summed E-state index contributed by atoms with van der Waals surface area (Å²) >= 11 is 12.7. The smallest absolute Gasteiger partial charge is 0.270 e. The normalized spacial score (nSPS) is 19.2. The van der Waals surface area contributed by atoms with Crippen molar-refractivity contribution in [2.24, 2.45) is 0 Å². The summed E-state index contributed by atoms with van der Waals surface area (Å²) in [6.45, 7) is 0. The highest BCUT2D eigenvalue weighted by molar-refractivity contribution is 8.17. The highest BCUT2D eigenvalue weighted by atomic mass is 35.5. The molecule has 0 aromatic heterocycles. The van der Waals surface area contributed by atoms with Gasteiger partial charge in [0, 0.05) is 9.94 Å². The Bertz CT molecular complexity index is 1440. The molecule has 1 N–H and O–H groups in total. The fourth-order valence-corrected chi connectivity index (χ4v) is 5.52. The van der Waals surface area contributed by atoms with Crippen molar-refractivity contribution in [3.63, 3.8) is 0 Å². The predicted octanol–water partition coefficient (Wildman–Crippen LogP) is 5.66. The van der Waals surface area contributed by atoms with Crippen LogP contribution in [0.25, 0.3) is 0 Å². The van der Waals surface area contributed by atoms with E-state index in [2.05, 4.69) is 5.32 Å². The molecular formula is C27H17ClN2O4S2. The number of rotatable bonds is 5. The molecule has 1 saturated heterocycles. The van der Waals surface area contributed by atoms with Crippen LogP contribution in [0.2, 0.25) is 0 Å². The van der Waals surface area contributed by atoms with Gasteiger partial charge in [0.25, 0.3) is 11.8 Å². The molecule has 2 aliphatic heterocycles. The van der Waals surface area contributed by atoms with Gasteiger partial charge in [0.05, 0.1) is 11.6 Å². The topological polar surface area (TPSA) is 75.7 Å². The van der Waals surface area contributed by atoms with Crippen molar-refractivity contribution in [2.45, 2.75) is 5.92 Å². The van der Waals surface area contributed by atoms with Crippen molar-refractivity contribution in [1.82, 2.24) is 5.32 Å². The number of carbonyl (C=O) groups excluding carboxylic acids is 3. The largest absolute Gasteiger partial charge is 0.457 e. The van der Waals surface area contributed by atoms with Crippen LogP contribution in [0.3, 0.4) is 0 Å². The number of para-hydroxylation sites is 1. The molecule has 178 valence electrons. The molecule has 1 unspecified atom stereocenters. The fraction of sp³-hybridized carbons (Fsp3) is 0.0370. The number of anilines is 1. The maximum atomic E-state index is 13.4. The first-order chi connectivity index (χ1) is 17.4. The molecule has 0 saturated carbocycles. The van der Waals surface area contributed by atoms with Crippen molar-refractivity contribution in [2.75, 3.05) is 4.90 Å². The number of nitrogens with one attached hydrogen (secondary N) is 1. The molecule has 0 aliphatic carbocycles. The first kappa shape index (κ1) is 24.0. The van der Waals surface area contributed by atoms with Gasteiger partial charge in [0.1, 0.15) is 17.1 Å². The summed E-state index contributed by atoms with van der Waals surface area (Å²) < 4.78 is 5.80. The predicted molar refractivity (Wildman–Crippen MR) is 144 cm³/mol. The summed E-state index contributed by atoms with van der Waals surface area (Å²) in [5.41, 5.74) is 1.03. The summed E-state index contributed by atoms with van der Waals surface area (Å²) in [6.07, 6.45) is 1.35. The minimum Gasteiger partial charge on any atom is -0.457 e. The van der Waals surface area contributed by atoms with Gasteiger partial charge in [-0.2, -0.15) is 0 Å². The summed E-state index contributed by atoms with van der Waals surface area (Å²) in [6, 6.07) is 25.1. The molecule has 0 spiro atoms. The summed E-state index contributed by atoms with van der Waals surface area (Å²) in [5.74, 6) is -0.673. The van der Waals surface area contributed by atoms with Crippen LogP contribution in [0.5, 0.6) is 11.5 Å². The molecule has 0 bridgehead atoms. The van der Waals surface area contributed by atoms with Crippen molar-refractivity contribution in [3.8, 4) is 11.5 Å². The lowest BCUT2D eigenvalue weighted by atomic mass is 9.99. The maximum absolute atomic E-state index is 13.4. The Kier molecular flexibility index (Phi) is 6.73. The lowest BCUT2D eigenvalue weighted by Gasteiger charge is -2.29. The number of thioether (sulfide) groups is 1. The number of hydrogen-bond acceptors (Lipinski definition) is 6. The minimum atomic E-state index is -0.654. The van der Waals surface area contributed by atoms with E-state index in [0.717, 1.165) is 17.3 Å². The van der Waals surface area contributed by atoms with E-state index >= 15 is 0 Å². The molecule has 3 aromatic rings. The summed E-state index contributed by atoms with van der Waals surface area (Å²) in [7, 11) is 0. The second-order valence-electron chi connectivity index (χ2n) is 7.84. The lowest BCUT2D eigenvalue weighted by molar-refractivity contribution is -0.122. The van der Waals surface area contributed by atoms with Gasteiger partial charge in [-0.1, -0.05) is 60.1 Å². The maximum Gasteiger partial charge on any atom is 0.270 e. The average molecular weight is 533 g/mol. The molecule has 1 atom stereocenters. The number of nitrogens with zero attached hydrogens (tertiary/aromatic N) is 1. The Balaban J connectivity index is 1.42. The number of carbonyl (C=O) groups is 3.